The molecule has 0 aliphatic carbocycles. The normalized spacial score (nSPS) is 10.3. The van der Waals surface area contributed by atoms with Gasteiger partial charge in [0.1, 0.15) is 5.75 Å². The monoisotopic (exact) mass is 275 g/mol. The molecule has 0 saturated heterocycles. The lowest BCUT2D eigenvalue weighted by Crippen LogP contribution is -2.03. The number of ketones is 1. The van der Waals surface area contributed by atoms with Crippen molar-refractivity contribution in [3.8, 4) is 5.75 Å². The summed E-state index contributed by atoms with van der Waals surface area (Å²) in [6.07, 6.45) is 0. The summed E-state index contributed by atoms with van der Waals surface area (Å²) in [7, 11) is 1.53. The molecule has 0 atom stereocenters. The van der Waals surface area contributed by atoms with Crippen LogP contribution in [-0.4, -0.2) is 12.9 Å². The summed E-state index contributed by atoms with van der Waals surface area (Å²) in [4.78, 5) is 12.3. The molecule has 0 saturated carbocycles. The van der Waals surface area contributed by atoms with Gasteiger partial charge in [-0.1, -0.05) is 23.7 Å². The van der Waals surface area contributed by atoms with E-state index in [-0.39, 0.29) is 5.78 Å². The van der Waals surface area contributed by atoms with Crippen molar-refractivity contribution in [2.75, 3.05) is 12.8 Å². The standard InChI is InChI=1S/C15H14ClNO2/c1-9-3-4-11(8-13(9)17)15(18)10-5-6-14(19-2)12(16)7-10/h3-8H,17H2,1-2H3. The Kier molecular flexibility index (Phi) is 3.76. The number of carbonyl (C=O) groups excluding carboxylic acids is 1. The van der Waals surface area contributed by atoms with Crippen LogP contribution in [0.5, 0.6) is 5.75 Å². The molecule has 2 aromatic carbocycles. The number of nitrogens with two attached hydrogens (primary N) is 1. The summed E-state index contributed by atoms with van der Waals surface area (Å²) in [6.45, 7) is 1.90. The second-order valence-corrected chi connectivity index (χ2v) is 4.66. The van der Waals surface area contributed by atoms with Crippen LogP contribution in [0.3, 0.4) is 0 Å². The highest BCUT2D eigenvalue weighted by Gasteiger charge is 2.12. The minimum atomic E-state index is -0.115. The lowest BCUT2D eigenvalue weighted by molar-refractivity contribution is 0.103. The van der Waals surface area contributed by atoms with E-state index in [1.807, 2.05) is 13.0 Å². The number of methoxy groups -OCH3 is 1. The number of rotatable bonds is 3. The fourth-order valence-corrected chi connectivity index (χ4v) is 2.01. The minimum Gasteiger partial charge on any atom is -0.495 e. The van der Waals surface area contributed by atoms with Crippen LogP contribution >= 0.6 is 11.6 Å². The van der Waals surface area contributed by atoms with Crippen molar-refractivity contribution in [3.63, 3.8) is 0 Å². The van der Waals surface area contributed by atoms with Crippen molar-refractivity contribution in [3.05, 3.63) is 58.1 Å². The maximum absolute atomic E-state index is 12.3. The van der Waals surface area contributed by atoms with Crippen LogP contribution in [-0.2, 0) is 0 Å². The van der Waals surface area contributed by atoms with E-state index in [2.05, 4.69) is 0 Å². The van der Waals surface area contributed by atoms with Crippen molar-refractivity contribution in [2.45, 2.75) is 6.92 Å². The summed E-state index contributed by atoms with van der Waals surface area (Å²) in [6, 6.07) is 10.2. The van der Waals surface area contributed by atoms with Gasteiger partial charge < -0.3 is 10.5 Å². The second-order valence-electron chi connectivity index (χ2n) is 4.25. The highest BCUT2D eigenvalue weighted by molar-refractivity contribution is 6.32. The molecule has 0 aliphatic heterocycles. The lowest BCUT2D eigenvalue weighted by Gasteiger charge is -2.07. The number of hydrogen-bond acceptors (Lipinski definition) is 3. The lowest BCUT2D eigenvalue weighted by atomic mass is 10.0. The number of benzene rings is 2. The molecule has 0 spiro atoms. The fraction of sp³-hybridized carbons (Fsp3) is 0.133. The average molecular weight is 276 g/mol. The fourth-order valence-electron chi connectivity index (χ4n) is 1.76. The third-order valence-corrected chi connectivity index (χ3v) is 3.25. The van der Waals surface area contributed by atoms with E-state index in [0.717, 1.165) is 5.56 Å². The van der Waals surface area contributed by atoms with Crippen molar-refractivity contribution in [2.24, 2.45) is 0 Å². The van der Waals surface area contributed by atoms with Crippen LogP contribution in [0.25, 0.3) is 0 Å². The van der Waals surface area contributed by atoms with E-state index < -0.39 is 0 Å². The first-order valence-electron chi connectivity index (χ1n) is 5.77. The molecule has 98 valence electrons. The first-order valence-corrected chi connectivity index (χ1v) is 6.15. The van der Waals surface area contributed by atoms with Gasteiger partial charge >= 0.3 is 0 Å². The van der Waals surface area contributed by atoms with Crippen LogP contribution in [0.2, 0.25) is 5.02 Å². The Morgan fingerprint density at radius 1 is 1.16 bits per heavy atom. The smallest absolute Gasteiger partial charge is 0.193 e. The zero-order valence-electron chi connectivity index (χ0n) is 10.7. The van der Waals surface area contributed by atoms with Crippen LogP contribution in [0.15, 0.2) is 36.4 Å². The Bertz CT molecular complexity index is 638. The van der Waals surface area contributed by atoms with E-state index >= 15 is 0 Å². The van der Waals surface area contributed by atoms with Crippen molar-refractivity contribution in [1.82, 2.24) is 0 Å². The molecular weight excluding hydrogens is 262 g/mol. The third-order valence-electron chi connectivity index (χ3n) is 2.96. The van der Waals surface area contributed by atoms with Crippen LogP contribution in [0, 0.1) is 6.92 Å². The molecule has 0 heterocycles. The molecule has 2 N–H and O–H groups in total. The van der Waals surface area contributed by atoms with Gasteiger partial charge in [-0.25, -0.2) is 0 Å². The number of halogens is 1. The van der Waals surface area contributed by atoms with Crippen LogP contribution < -0.4 is 10.5 Å². The Labute approximate surface area is 117 Å². The molecule has 0 amide bonds. The molecule has 0 aromatic heterocycles. The molecule has 0 bridgehead atoms. The Morgan fingerprint density at radius 2 is 1.79 bits per heavy atom. The Hall–Kier alpha value is -2.00. The minimum absolute atomic E-state index is 0.115. The predicted octanol–water partition coefficient (Wildman–Crippen LogP) is 3.47. The number of ether oxygens (including phenoxy) is 1. The van der Waals surface area contributed by atoms with Gasteiger partial charge in [0.2, 0.25) is 0 Å². The predicted molar refractivity (Wildman–Crippen MR) is 77.0 cm³/mol. The molecule has 0 unspecified atom stereocenters. The van der Waals surface area contributed by atoms with E-state index in [4.69, 9.17) is 22.1 Å². The molecule has 2 rings (SSSR count). The van der Waals surface area contributed by atoms with Gasteiger partial charge in [0.25, 0.3) is 0 Å². The SMILES string of the molecule is COc1ccc(C(=O)c2ccc(C)c(N)c2)cc1Cl. The zero-order valence-corrected chi connectivity index (χ0v) is 11.5. The second kappa shape index (κ2) is 5.33. The van der Waals surface area contributed by atoms with E-state index in [1.165, 1.54) is 7.11 Å². The molecule has 0 fully saturated rings. The average Bonchev–Trinajstić information content (AvgIpc) is 2.41. The zero-order chi connectivity index (χ0) is 14.0. The molecule has 0 radical (unpaired) electrons. The summed E-state index contributed by atoms with van der Waals surface area (Å²) in [5.41, 5.74) is 8.42. The van der Waals surface area contributed by atoms with E-state index in [1.54, 1.807) is 30.3 Å². The van der Waals surface area contributed by atoms with Gasteiger partial charge in [0.05, 0.1) is 12.1 Å². The molecule has 19 heavy (non-hydrogen) atoms. The first-order chi connectivity index (χ1) is 9.02. The maximum atomic E-state index is 12.3. The summed E-state index contributed by atoms with van der Waals surface area (Å²) in [5, 5.41) is 0.411. The first kappa shape index (κ1) is 13.4. The third kappa shape index (κ3) is 2.71. The van der Waals surface area contributed by atoms with Crippen LogP contribution in [0.4, 0.5) is 5.69 Å². The number of aryl methyl sites for hydroxylation is 1. The molecule has 3 nitrogen and oxygen atoms in total. The van der Waals surface area contributed by atoms with Crippen LogP contribution in [0.1, 0.15) is 21.5 Å². The highest BCUT2D eigenvalue weighted by Crippen LogP contribution is 2.26. The van der Waals surface area contributed by atoms with Crippen molar-refractivity contribution in [1.29, 1.82) is 0 Å². The number of hydrogen-bond donors (Lipinski definition) is 1. The summed E-state index contributed by atoms with van der Waals surface area (Å²) < 4.78 is 5.06. The summed E-state index contributed by atoms with van der Waals surface area (Å²) >= 11 is 6.02. The topological polar surface area (TPSA) is 52.3 Å². The van der Waals surface area contributed by atoms with Gasteiger partial charge in [-0.05, 0) is 36.8 Å². The Balaban J connectivity index is 2.38. The van der Waals surface area contributed by atoms with E-state index in [0.29, 0.717) is 27.6 Å². The van der Waals surface area contributed by atoms with Gasteiger partial charge in [-0.3, -0.25) is 4.79 Å². The number of nitrogen functional groups attached to an aromatic ring is 1. The van der Waals surface area contributed by atoms with E-state index in [9.17, 15) is 4.79 Å². The molecule has 2 aromatic rings. The van der Waals surface area contributed by atoms with Gasteiger partial charge in [0.15, 0.2) is 5.78 Å². The highest BCUT2D eigenvalue weighted by atomic mass is 35.5. The number of carbonyl (C=O) groups is 1. The van der Waals surface area contributed by atoms with Crippen molar-refractivity contribution < 1.29 is 9.53 Å². The number of anilines is 1. The molecule has 4 heteroatoms. The molecular formula is C15H14ClNO2. The van der Waals surface area contributed by atoms with Gasteiger partial charge in [-0.2, -0.15) is 0 Å². The van der Waals surface area contributed by atoms with Crippen molar-refractivity contribution >= 4 is 23.1 Å². The van der Waals surface area contributed by atoms with Gasteiger partial charge in [0, 0.05) is 16.8 Å². The maximum Gasteiger partial charge on any atom is 0.193 e. The quantitative estimate of drug-likeness (QED) is 0.689. The largest absolute Gasteiger partial charge is 0.495 e. The molecule has 0 aliphatic rings. The van der Waals surface area contributed by atoms with Gasteiger partial charge in [-0.15, -0.1) is 0 Å². The Morgan fingerprint density at radius 3 is 2.37 bits per heavy atom. The summed E-state index contributed by atoms with van der Waals surface area (Å²) in [5.74, 6) is 0.429.